The van der Waals surface area contributed by atoms with Crippen LogP contribution in [-0.4, -0.2) is 42.4 Å². The minimum atomic E-state index is -0.0475. The molecule has 1 saturated carbocycles. The van der Waals surface area contributed by atoms with Crippen molar-refractivity contribution in [3.8, 4) is 0 Å². The highest BCUT2D eigenvalue weighted by Gasteiger charge is 2.31. The molecule has 0 radical (unpaired) electrons. The van der Waals surface area contributed by atoms with Gasteiger partial charge in [0, 0.05) is 38.5 Å². The van der Waals surface area contributed by atoms with Crippen molar-refractivity contribution in [2.24, 2.45) is 11.7 Å². The van der Waals surface area contributed by atoms with E-state index < -0.39 is 0 Å². The van der Waals surface area contributed by atoms with Gasteiger partial charge in [-0.25, -0.2) is 0 Å². The van der Waals surface area contributed by atoms with Crippen molar-refractivity contribution in [1.29, 1.82) is 0 Å². The lowest BCUT2D eigenvalue weighted by Crippen LogP contribution is -2.42. The number of hydrogen-bond donors (Lipinski definition) is 2. The van der Waals surface area contributed by atoms with E-state index in [9.17, 15) is 9.59 Å². The Morgan fingerprint density at radius 2 is 1.76 bits per heavy atom. The van der Waals surface area contributed by atoms with Gasteiger partial charge in [0.25, 0.3) is 0 Å². The highest BCUT2D eigenvalue weighted by molar-refractivity contribution is 5.85. The zero-order chi connectivity index (χ0) is 15.0. The third-order valence-electron chi connectivity index (χ3n) is 3.70. The molecular weight excluding hydrogens is 290 g/mol. The van der Waals surface area contributed by atoms with Gasteiger partial charge in [-0.1, -0.05) is 13.8 Å². The van der Waals surface area contributed by atoms with E-state index in [2.05, 4.69) is 19.2 Å². The minimum Gasteiger partial charge on any atom is -0.352 e. The van der Waals surface area contributed by atoms with Gasteiger partial charge in [0.1, 0.15) is 0 Å². The van der Waals surface area contributed by atoms with E-state index in [-0.39, 0.29) is 36.7 Å². The molecule has 2 amide bonds. The van der Waals surface area contributed by atoms with Crippen molar-refractivity contribution < 1.29 is 9.59 Å². The average Bonchev–Trinajstić information content (AvgIpc) is 3.26. The lowest BCUT2D eigenvalue weighted by Gasteiger charge is -2.21. The van der Waals surface area contributed by atoms with Crippen molar-refractivity contribution in [1.82, 2.24) is 10.2 Å². The number of nitrogens with zero attached hydrogens (tertiary/aromatic N) is 1. The van der Waals surface area contributed by atoms with Crippen LogP contribution >= 0.6 is 12.4 Å². The molecule has 21 heavy (non-hydrogen) atoms. The van der Waals surface area contributed by atoms with Crippen molar-refractivity contribution in [3.63, 3.8) is 0 Å². The first-order valence-electron chi connectivity index (χ1n) is 7.89. The highest BCUT2D eigenvalue weighted by Crippen LogP contribution is 2.32. The number of amides is 2. The summed E-state index contributed by atoms with van der Waals surface area (Å²) in [5.41, 5.74) is 5.66. The minimum absolute atomic E-state index is 0. The van der Waals surface area contributed by atoms with Crippen LogP contribution in [0.1, 0.15) is 52.4 Å². The van der Waals surface area contributed by atoms with Crippen molar-refractivity contribution in [2.75, 3.05) is 19.6 Å². The Labute approximate surface area is 134 Å². The lowest BCUT2D eigenvalue weighted by molar-refractivity contribution is -0.133. The topological polar surface area (TPSA) is 75.4 Å². The van der Waals surface area contributed by atoms with E-state index >= 15 is 0 Å². The summed E-state index contributed by atoms with van der Waals surface area (Å²) in [7, 11) is 0. The van der Waals surface area contributed by atoms with Crippen LogP contribution in [0.5, 0.6) is 0 Å². The van der Waals surface area contributed by atoms with Crippen molar-refractivity contribution in [3.05, 3.63) is 0 Å². The molecular formula is C15H30ClN3O2. The Bertz CT molecular complexity index is 316. The third-order valence-corrected chi connectivity index (χ3v) is 3.70. The SMILES string of the molecule is CCCN(CCC)C(=O)CCC(=O)NC(CN)C1CC1.Cl. The van der Waals surface area contributed by atoms with E-state index in [1.807, 2.05) is 4.90 Å². The van der Waals surface area contributed by atoms with E-state index in [1.165, 1.54) is 0 Å². The Hall–Kier alpha value is -0.810. The summed E-state index contributed by atoms with van der Waals surface area (Å²) in [4.78, 5) is 25.8. The first kappa shape index (κ1) is 20.2. The van der Waals surface area contributed by atoms with Gasteiger partial charge >= 0.3 is 0 Å². The molecule has 1 rings (SSSR count). The van der Waals surface area contributed by atoms with Gasteiger partial charge in [-0.05, 0) is 31.6 Å². The van der Waals surface area contributed by atoms with Gasteiger partial charge in [0.2, 0.25) is 11.8 Å². The first-order valence-corrected chi connectivity index (χ1v) is 7.89. The zero-order valence-corrected chi connectivity index (χ0v) is 14.1. The van der Waals surface area contributed by atoms with Crippen molar-refractivity contribution >= 4 is 24.2 Å². The normalized spacial score (nSPS) is 15.0. The molecule has 0 aromatic rings. The fourth-order valence-electron chi connectivity index (χ4n) is 2.43. The summed E-state index contributed by atoms with van der Waals surface area (Å²) >= 11 is 0. The molecule has 6 heteroatoms. The number of hydrogen-bond acceptors (Lipinski definition) is 3. The van der Waals surface area contributed by atoms with E-state index in [4.69, 9.17) is 5.73 Å². The quantitative estimate of drug-likeness (QED) is 0.643. The standard InChI is InChI=1S/C15H29N3O2.ClH/c1-3-9-18(10-4-2)15(20)8-7-14(19)17-13(11-16)12-5-6-12;/h12-13H,3-11,16H2,1-2H3,(H,17,19);1H. The van der Waals surface area contributed by atoms with Gasteiger partial charge in [0.15, 0.2) is 0 Å². The van der Waals surface area contributed by atoms with E-state index in [1.54, 1.807) is 0 Å². The zero-order valence-electron chi connectivity index (χ0n) is 13.3. The van der Waals surface area contributed by atoms with Crippen LogP contribution in [0.2, 0.25) is 0 Å². The summed E-state index contributed by atoms with van der Waals surface area (Å²) in [5.74, 6) is 0.588. The maximum absolute atomic E-state index is 12.1. The summed E-state index contributed by atoms with van der Waals surface area (Å²) in [6, 6.07) is 0.0972. The Kier molecular flexibility index (Phi) is 10.4. The fraction of sp³-hybridized carbons (Fsp3) is 0.867. The second-order valence-electron chi connectivity index (χ2n) is 5.63. The average molecular weight is 320 g/mol. The van der Waals surface area contributed by atoms with Gasteiger partial charge in [-0.2, -0.15) is 0 Å². The molecule has 1 unspecified atom stereocenters. The number of carbonyl (C=O) groups excluding carboxylic acids is 2. The molecule has 1 aliphatic carbocycles. The summed E-state index contributed by atoms with van der Waals surface area (Å²) < 4.78 is 0. The number of nitrogens with one attached hydrogen (secondary N) is 1. The molecule has 124 valence electrons. The van der Waals surface area contributed by atoms with Crippen molar-refractivity contribution in [2.45, 2.75) is 58.4 Å². The molecule has 0 bridgehead atoms. The van der Waals surface area contributed by atoms with Gasteiger partial charge < -0.3 is 16.0 Å². The molecule has 0 aromatic carbocycles. The van der Waals surface area contributed by atoms with E-state index in [0.29, 0.717) is 18.9 Å². The largest absolute Gasteiger partial charge is 0.352 e. The van der Waals surface area contributed by atoms with Crippen LogP contribution < -0.4 is 11.1 Å². The second-order valence-corrected chi connectivity index (χ2v) is 5.63. The van der Waals surface area contributed by atoms with Crippen LogP contribution in [0.15, 0.2) is 0 Å². The van der Waals surface area contributed by atoms with Crippen LogP contribution in [0.25, 0.3) is 0 Å². The molecule has 3 N–H and O–H groups in total. The third kappa shape index (κ3) is 7.67. The molecule has 0 aromatic heterocycles. The summed E-state index contributed by atoms with van der Waals surface area (Å²) in [5, 5.41) is 2.95. The maximum Gasteiger partial charge on any atom is 0.223 e. The molecule has 0 heterocycles. The Morgan fingerprint density at radius 3 is 2.19 bits per heavy atom. The van der Waals surface area contributed by atoms with Gasteiger partial charge in [-0.3, -0.25) is 9.59 Å². The Balaban J connectivity index is 0.00000400. The maximum atomic E-state index is 12.1. The monoisotopic (exact) mass is 319 g/mol. The lowest BCUT2D eigenvalue weighted by atomic mass is 10.1. The van der Waals surface area contributed by atoms with Crippen LogP contribution in [0, 0.1) is 5.92 Å². The molecule has 1 atom stereocenters. The van der Waals surface area contributed by atoms with Crippen LogP contribution in [0.3, 0.4) is 0 Å². The van der Waals surface area contributed by atoms with E-state index in [0.717, 1.165) is 38.8 Å². The molecule has 1 aliphatic rings. The first-order chi connectivity index (χ1) is 9.62. The van der Waals surface area contributed by atoms with Crippen LogP contribution in [-0.2, 0) is 9.59 Å². The highest BCUT2D eigenvalue weighted by atomic mass is 35.5. The predicted molar refractivity (Wildman–Crippen MR) is 87.4 cm³/mol. The van der Waals surface area contributed by atoms with Crippen LogP contribution in [0.4, 0.5) is 0 Å². The molecule has 5 nitrogen and oxygen atoms in total. The number of nitrogens with two attached hydrogens (primary N) is 1. The second kappa shape index (κ2) is 10.9. The van der Waals surface area contributed by atoms with Gasteiger partial charge in [0.05, 0.1) is 0 Å². The number of rotatable bonds is 10. The Morgan fingerprint density at radius 1 is 1.19 bits per heavy atom. The molecule has 1 fully saturated rings. The summed E-state index contributed by atoms with van der Waals surface area (Å²) in [6.07, 6.45) is 4.78. The number of halogens is 1. The smallest absolute Gasteiger partial charge is 0.223 e. The summed E-state index contributed by atoms with van der Waals surface area (Å²) in [6.45, 7) is 6.17. The molecule has 0 saturated heterocycles. The van der Waals surface area contributed by atoms with Gasteiger partial charge in [-0.15, -0.1) is 12.4 Å². The molecule has 0 spiro atoms. The fourth-order valence-corrected chi connectivity index (χ4v) is 2.43. The number of carbonyl (C=O) groups is 2. The predicted octanol–water partition coefficient (Wildman–Crippen LogP) is 1.69. The molecule has 0 aliphatic heterocycles.